The maximum Gasteiger partial charge on any atom is 0.460 e. The number of rotatable bonds is 3. The van der Waals surface area contributed by atoms with E-state index in [0.29, 0.717) is 0 Å². The van der Waals surface area contributed by atoms with Crippen LogP contribution in [0.25, 0.3) is 0 Å². The molecule has 10 heteroatoms. The third-order valence-electron chi connectivity index (χ3n) is 4.02. The molecule has 0 fully saturated rings. The van der Waals surface area contributed by atoms with E-state index in [9.17, 15) is 39.5 Å². The summed E-state index contributed by atoms with van der Waals surface area (Å²) >= 11 is 0.930. The van der Waals surface area contributed by atoms with Crippen LogP contribution in [0.2, 0.25) is 0 Å². The first-order valence-electron chi connectivity index (χ1n) is 6.67. The van der Waals surface area contributed by atoms with Gasteiger partial charge in [-0.3, -0.25) is 0 Å². The fourth-order valence-corrected chi connectivity index (χ4v) is 3.41. The van der Waals surface area contributed by atoms with Crippen LogP contribution in [-0.2, 0) is 0 Å². The standard InChI is InChI=1S/C13H14F9I/c1-8-6-4-2-3-5-7-9(8,23)10(14,15)11(16,17)12(18,19)13(20,21)22/h2,4,8H,3,5-7H2,1H3. The quantitative estimate of drug-likeness (QED) is 0.195. The lowest BCUT2D eigenvalue weighted by Crippen LogP contribution is -2.68. The van der Waals surface area contributed by atoms with E-state index in [2.05, 4.69) is 0 Å². The van der Waals surface area contributed by atoms with E-state index >= 15 is 0 Å². The second kappa shape index (κ2) is 6.29. The fourth-order valence-electron chi connectivity index (χ4n) is 2.43. The number of hydrogen-bond donors (Lipinski definition) is 0. The van der Waals surface area contributed by atoms with Crippen LogP contribution in [0.3, 0.4) is 0 Å². The summed E-state index contributed by atoms with van der Waals surface area (Å²) in [6.07, 6.45) is -4.19. The first-order valence-corrected chi connectivity index (χ1v) is 7.75. The fraction of sp³-hybridized carbons (Fsp3) is 0.846. The number of allylic oxidation sites excluding steroid dienone is 2. The van der Waals surface area contributed by atoms with Crippen LogP contribution in [0.5, 0.6) is 0 Å². The zero-order chi connectivity index (χ0) is 18.3. The first kappa shape index (κ1) is 20.9. The monoisotopic (exact) mass is 468 g/mol. The Kier molecular flexibility index (Phi) is 5.71. The average molecular weight is 468 g/mol. The van der Waals surface area contributed by atoms with Gasteiger partial charge in [0.25, 0.3) is 0 Å². The summed E-state index contributed by atoms with van der Waals surface area (Å²) in [7, 11) is 0. The maximum absolute atomic E-state index is 14.3. The van der Waals surface area contributed by atoms with Crippen molar-refractivity contribution in [3.63, 3.8) is 0 Å². The highest BCUT2D eigenvalue weighted by atomic mass is 127. The largest absolute Gasteiger partial charge is 0.460 e. The Hall–Kier alpha value is -0.160. The van der Waals surface area contributed by atoms with Crippen molar-refractivity contribution in [2.24, 2.45) is 5.92 Å². The molecule has 0 spiro atoms. The highest BCUT2D eigenvalue weighted by molar-refractivity contribution is 14.1. The Morgan fingerprint density at radius 3 is 1.91 bits per heavy atom. The van der Waals surface area contributed by atoms with Crippen molar-refractivity contribution in [2.75, 3.05) is 0 Å². The van der Waals surface area contributed by atoms with Gasteiger partial charge in [0.15, 0.2) is 0 Å². The van der Waals surface area contributed by atoms with Gasteiger partial charge >= 0.3 is 23.9 Å². The predicted octanol–water partition coefficient (Wildman–Crippen LogP) is 6.39. The molecule has 0 aromatic heterocycles. The Balaban J connectivity index is 3.38. The zero-order valence-electron chi connectivity index (χ0n) is 11.8. The summed E-state index contributed by atoms with van der Waals surface area (Å²) in [6.45, 7) is 1.14. The predicted molar refractivity (Wildman–Crippen MR) is 74.4 cm³/mol. The second-order valence-electron chi connectivity index (χ2n) is 5.58. The van der Waals surface area contributed by atoms with Crippen molar-refractivity contribution < 1.29 is 39.5 Å². The third-order valence-corrected chi connectivity index (χ3v) is 6.30. The molecule has 2 unspecified atom stereocenters. The van der Waals surface area contributed by atoms with Crippen LogP contribution in [-0.4, -0.2) is 27.4 Å². The van der Waals surface area contributed by atoms with Gasteiger partial charge in [-0.05, 0) is 31.6 Å². The molecule has 0 aromatic carbocycles. The van der Waals surface area contributed by atoms with Gasteiger partial charge in [-0.1, -0.05) is 41.7 Å². The molecule has 0 bridgehead atoms. The van der Waals surface area contributed by atoms with Crippen molar-refractivity contribution in [2.45, 2.75) is 60.0 Å². The highest BCUT2D eigenvalue weighted by Gasteiger charge is 2.85. The molecule has 136 valence electrons. The van der Waals surface area contributed by atoms with Gasteiger partial charge < -0.3 is 0 Å². The molecular formula is C13H14F9I. The van der Waals surface area contributed by atoms with Crippen LogP contribution in [0.4, 0.5) is 39.5 Å². The summed E-state index contributed by atoms with van der Waals surface area (Å²) in [5.74, 6) is -20.2. The van der Waals surface area contributed by atoms with E-state index in [-0.39, 0.29) is 19.3 Å². The first-order chi connectivity index (χ1) is 10.1. The topological polar surface area (TPSA) is 0 Å². The molecule has 0 radical (unpaired) electrons. The highest BCUT2D eigenvalue weighted by Crippen LogP contribution is 2.61. The summed E-state index contributed by atoms with van der Waals surface area (Å²) in [5.41, 5.74) is 0. The van der Waals surface area contributed by atoms with Crippen LogP contribution in [0.15, 0.2) is 12.2 Å². The molecule has 0 N–H and O–H groups in total. The Morgan fingerprint density at radius 2 is 1.43 bits per heavy atom. The molecule has 0 nitrogen and oxygen atoms in total. The van der Waals surface area contributed by atoms with Gasteiger partial charge in [-0.15, -0.1) is 0 Å². The minimum absolute atomic E-state index is 0.0208. The van der Waals surface area contributed by atoms with Gasteiger partial charge in [-0.25, -0.2) is 0 Å². The molecular weight excluding hydrogens is 454 g/mol. The number of halogens is 10. The van der Waals surface area contributed by atoms with Gasteiger partial charge in [-0.2, -0.15) is 39.5 Å². The van der Waals surface area contributed by atoms with E-state index in [4.69, 9.17) is 0 Å². The minimum atomic E-state index is -6.83. The Bertz CT molecular complexity index is 455. The SMILES string of the molecule is CC1CC=CCCCC1(I)C(F)(F)C(F)(F)C(F)(F)C(F)(F)F. The lowest BCUT2D eigenvalue weighted by Gasteiger charge is -2.45. The molecule has 0 heterocycles. The second-order valence-corrected chi connectivity index (χ2v) is 7.51. The lowest BCUT2D eigenvalue weighted by molar-refractivity contribution is -0.401. The Morgan fingerprint density at radius 1 is 0.913 bits per heavy atom. The van der Waals surface area contributed by atoms with E-state index < -0.39 is 39.7 Å². The van der Waals surface area contributed by atoms with Crippen molar-refractivity contribution in [1.29, 1.82) is 0 Å². The summed E-state index contributed by atoms with van der Waals surface area (Å²) in [5, 5.41) is 0. The number of hydrogen-bond acceptors (Lipinski definition) is 0. The normalized spacial score (nSPS) is 28.4. The molecule has 0 amide bonds. The molecule has 0 aliphatic heterocycles. The molecule has 1 rings (SSSR count). The average Bonchev–Trinajstić information content (AvgIpc) is 2.38. The van der Waals surface area contributed by atoms with E-state index in [1.807, 2.05) is 0 Å². The number of alkyl halides is 10. The van der Waals surface area contributed by atoms with Gasteiger partial charge in [0.2, 0.25) is 0 Å². The molecule has 2 atom stereocenters. The summed E-state index contributed by atoms with van der Waals surface area (Å²) < 4.78 is 116. The third kappa shape index (κ3) is 3.20. The van der Waals surface area contributed by atoms with Gasteiger partial charge in [0, 0.05) is 0 Å². The van der Waals surface area contributed by atoms with Gasteiger partial charge in [0.1, 0.15) is 0 Å². The lowest BCUT2D eigenvalue weighted by atomic mass is 9.77. The smallest absolute Gasteiger partial charge is 0.198 e. The van der Waals surface area contributed by atoms with Crippen molar-refractivity contribution in [3.05, 3.63) is 12.2 Å². The minimum Gasteiger partial charge on any atom is -0.198 e. The van der Waals surface area contributed by atoms with Gasteiger partial charge in [0.05, 0.1) is 3.42 Å². The molecule has 1 aliphatic carbocycles. The maximum atomic E-state index is 14.3. The van der Waals surface area contributed by atoms with Crippen molar-refractivity contribution >= 4 is 22.6 Å². The molecule has 0 saturated heterocycles. The van der Waals surface area contributed by atoms with Crippen LogP contribution >= 0.6 is 22.6 Å². The van der Waals surface area contributed by atoms with Crippen LogP contribution in [0, 0.1) is 5.92 Å². The van der Waals surface area contributed by atoms with E-state index in [1.165, 1.54) is 6.08 Å². The molecule has 1 aliphatic rings. The molecule has 0 saturated carbocycles. The Labute approximate surface area is 140 Å². The summed E-state index contributed by atoms with van der Waals surface area (Å²) in [6, 6.07) is 0. The van der Waals surface area contributed by atoms with Crippen LogP contribution < -0.4 is 0 Å². The van der Waals surface area contributed by atoms with Crippen molar-refractivity contribution in [3.8, 4) is 0 Å². The summed E-state index contributed by atoms with van der Waals surface area (Å²) in [4.78, 5) is 0. The van der Waals surface area contributed by atoms with Crippen molar-refractivity contribution in [1.82, 2.24) is 0 Å². The van der Waals surface area contributed by atoms with E-state index in [0.717, 1.165) is 29.5 Å². The zero-order valence-corrected chi connectivity index (χ0v) is 14.0. The molecule has 0 aromatic rings. The molecule has 23 heavy (non-hydrogen) atoms. The van der Waals surface area contributed by atoms with E-state index in [1.54, 1.807) is 6.08 Å². The van der Waals surface area contributed by atoms with Crippen LogP contribution in [0.1, 0.15) is 32.6 Å².